The monoisotopic (exact) mass is 270 g/mol. The van der Waals surface area contributed by atoms with Gasteiger partial charge in [-0.05, 0) is 36.9 Å². The fourth-order valence-electron chi connectivity index (χ4n) is 2.94. The molecule has 0 aromatic carbocycles. The molecule has 1 aliphatic rings. The minimum absolute atomic E-state index is 0.153. The van der Waals surface area contributed by atoms with Crippen molar-refractivity contribution in [2.45, 2.75) is 83.5 Å². The summed E-state index contributed by atoms with van der Waals surface area (Å²) in [5.74, 6) is 0.567. The zero-order valence-corrected chi connectivity index (χ0v) is 14.0. The van der Waals surface area contributed by atoms with Crippen molar-refractivity contribution >= 4 is 14.6 Å². The molecule has 0 aliphatic heterocycles. The van der Waals surface area contributed by atoms with Gasteiger partial charge in [-0.1, -0.05) is 40.5 Å². The number of rotatable bonds is 5. The minimum atomic E-state index is -1.80. The molecule has 0 heterocycles. The van der Waals surface area contributed by atoms with Crippen molar-refractivity contribution in [3.63, 3.8) is 0 Å². The Morgan fingerprint density at radius 1 is 1.39 bits per heavy atom. The van der Waals surface area contributed by atoms with Crippen molar-refractivity contribution in [1.82, 2.24) is 0 Å². The van der Waals surface area contributed by atoms with E-state index in [9.17, 15) is 4.79 Å². The quantitative estimate of drug-likeness (QED) is 0.541. The van der Waals surface area contributed by atoms with Gasteiger partial charge in [0.25, 0.3) is 0 Å². The zero-order valence-electron chi connectivity index (χ0n) is 13.0. The summed E-state index contributed by atoms with van der Waals surface area (Å²) in [6.45, 7) is 13.6. The van der Waals surface area contributed by atoms with Crippen molar-refractivity contribution in [2.24, 2.45) is 5.92 Å². The maximum atomic E-state index is 11.1. The van der Waals surface area contributed by atoms with Crippen LogP contribution in [0.1, 0.15) is 59.8 Å². The van der Waals surface area contributed by atoms with Crippen LogP contribution in [0.5, 0.6) is 0 Å². The first kappa shape index (κ1) is 15.9. The van der Waals surface area contributed by atoms with E-state index < -0.39 is 8.32 Å². The molecular weight excluding hydrogens is 240 g/mol. The predicted molar refractivity (Wildman–Crippen MR) is 79.3 cm³/mol. The van der Waals surface area contributed by atoms with Gasteiger partial charge in [0, 0.05) is 6.42 Å². The summed E-state index contributed by atoms with van der Waals surface area (Å²) in [6.07, 6.45) is 6.28. The highest BCUT2D eigenvalue weighted by molar-refractivity contribution is 6.74. The Hall–Kier alpha value is -0.153. The van der Waals surface area contributed by atoms with Gasteiger partial charge in [0.2, 0.25) is 0 Å². The van der Waals surface area contributed by atoms with E-state index in [4.69, 9.17) is 4.43 Å². The third-order valence-corrected chi connectivity index (χ3v) is 9.61. The highest BCUT2D eigenvalue weighted by Crippen LogP contribution is 2.48. The van der Waals surface area contributed by atoms with Crippen LogP contribution >= 0.6 is 0 Å². The molecule has 18 heavy (non-hydrogen) atoms. The van der Waals surface area contributed by atoms with E-state index in [1.807, 2.05) is 0 Å². The molecule has 2 nitrogen and oxygen atoms in total. The lowest BCUT2D eigenvalue weighted by atomic mass is 9.86. The lowest BCUT2D eigenvalue weighted by molar-refractivity contribution is -0.113. The van der Waals surface area contributed by atoms with Gasteiger partial charge in [-0.15, -0.1) is 0 Å². The van der Waals surface area contributed by atoms with Gasteiger partial charge in [-0.2, -0.15) is 0 Å². The molecule has 0 amide bonds. The molecule has 0 N–H and O–H groups in total. The van der Waals surface area contributed by atoms with Crippen molar-refractivity contribution < 1.29 is 9.22 Å². The van der Waals surface area contributed by atoms with Gasteiger partial charge in [0.05, 0.1) is 5.60 Å². The molecule has 106 valence electrons. The van der Waals surface area contributed by atoms with Crippen molar-refractivity contribution in [3.05, 3.63) is 0 Å². The van der Waals surface area contributed by atoms with Crippen LogP contribution in [0.15, 0.2) is 0 Å². The van der Waals surface area contributed by atoms with Crippen LogP contribution in [0.4, 0.5) is 0 Å². The molecule has 0 aromatic heterocycles. The number of hydrogen-bond donors (Lipinski definition) is 0. The number of hydrogen-bond acceptors (Lipinski definition) is 2. The Kier molecular flexibility index (Phi) is 4.82. The molecule has 1 saturated carbocycles. The highest BCUT2D eigenvalue weighted by Gasteiger charge is 2.49. The van der Waals surface area contributed by atoms with Crippen LogP contribution in [-0.4, -0.2) is 20.2 Å². The molecule has 2 atom stereocenters. The van der Waals surface area contributed by atoms with E-state index in [0.717, 1.165) is 19.1 Å². The first-order chi connectivity index (χ1) is 8.18. The third kappa shape index (κ3) is 3.05. The zero-order chi connectivity index (χ0) is 14.0. The van der Waals surface area contributed by atoms with Gasteiger partial charge >= 0.3 is 0 Å². The van der Waals surface area contributed by atoms with Crippen LogP contribution in [-0.2, 0) is 9.22 Å². The molecule has 0 saturated heterocycles. The fraction of sp³-hybridized carbons (Fsp3) is 0.933. The van der Waals surface area contributed by atoms with Crippen molar-refractivity contribution in [2.75, 3.05) is 0 Å². The number of carbonyl (C=O) groups is 1. The summed E-state index contributed by atoms with van der Waals surface area (Å²) in [4.78, 5) is 11.1. The normalized spacial score (nSPS) is 29.6. The molecule has 0 unspecified atom stereocenters. The summed E-state index contributed by atoms with van der Waals surface area (Å²) in [5, 5.41) is 0.212. The molecule has 0 aromatic rings. The van der Waals surface area contributed by atoms with Gasteiger partial charge in [0.1, 0.15) is 6.29 Å². The summed E-state index contributed by atoms with van der Waals surface area (Å²) in [7, 11) is -1.80. The van der Waals surface area contributed by atoms with E-state index in [1.165, 1.54) is 12.8 Å². The van der Waals surface area contributed by atoms with Crippen LogP contribution in [0.2, 0.25) is 18.1 Å². The van der Waals surface area contributed by atoms with E-state index in [-0.39, 0.29) is 10.6 Å². The van der Waals surface area contributed by atoms with Crippen LogP contribution in [0.3, 0.4) is 0 Å². The highest BCUT2D eigenvalue weighted by atomic mass is 28.4. The second-order valence-electron chi connectivity index (χ2n) is 7.30. The Bertz CT molecular complexity index is 293. The topological polar surface area (TPSA) is 26.3 Å². The number of aldehydes is 1. The average Bonchev–Trinajstić information content (AvgIpc) is 2.58. The van der Waals surface area contributed by atoms with Crippen molar-refractivity contribution in [1.29, 1.82) is 0 Å². The van der Waals surface area contributed by atoms with Gasteiger partial charge in [-0.25, -0.2) is 0 Å². The van der Waals surface area contributed by atoms with Crippen molar-refractivity contribution in [3.8, 4) is 0 Å². The predicted octanol–water partition coefficient (Wildman–Crippen LogP) is 4.55. The molecule has 1 rings (SSSR count). The number of carbonyl (C=O) groups excluding carboxylic acids is 1. The molecule has 1 aliphatic carbocycles. The molecule has 0 bridgehead atoms. The van der Waals surface area contributed by atoms with Crippen LogP contribution < -0.4 is 0 Å². The molecular formula is C15H30O2Si. The first-order valence-electron chi connectivity index (χ1n) is 7.32. The lowest BCUT2D eigenvalue weighted by Gasteiger charge is -2.46. The van der Waals surface area contributed by atoms with Gasteiger partial charge in [0.15, 0.2) is 8.32 Å². The molecule has 1 fully saturated rings. The Balaban J connectivity index is 2.96. The molecule has 0 spiro atoms. The molecule has 0 radical (unpaired) electrons. The summed E-state index contributed by atoms with van der Waals surface area (Å²) < 4.78 is 6.70. The summed E-state index contributed by atoms with van der Waals surface area (Å²) in [6, 6.07) is 0. The Morgan fingerprint density at radius 2 is 2.00 bits per heavy atom. The van der Waals surface area contributed by atoms with Gasteiger partial charge in [-0.3, -0.25) is 0 Å². The summed E-state index contributed by atoms with van der Waals surface area (Å²) in [5.41, 5.74) is -0.153. The smallest absolute Gasteiger partial charge is 0.192 e. The Morgan fingerprint density at radius 3 is 2.44 bits per heavy atom. The van der Waals surface area contributed by atoms with Crippen LogP contribution in [0.25, 0.3) is 0 Å². The fourth-order valence-corrected chi connectivity index (χ4v) is 4.61. The largest absolute Gasteiger partial charge is 0.411 e. The third-order valence-electron chi connectivity index (χ3n) is 5.08. The standard InChI is InChI=1S/C15H30O2Si/c1-7-13-9-8-10-15(13,11-12-16)17-18(5,6)14(2,3)4/h12-13H,7-11H2,1-6H3/t13-,15-/m0/s1. The van der Waals surface area contributed by atoms with E-state index in [1.54, 1.807) is 0 Å². The summed E-state index contributed by atoms with van der Waals surface area (Å²) >= 11 is 0. The Labute approximate surface area is 114 Å². The average molecular weight is 270 g/mol. The second-order valence-corrected chi connectivity index (χ2v) is 12.0. The SMILES string of the molecule is CC[C@H]1CCC[C@@]1(CC=O)O[Si](C)(C)C(C)(C)C. The van der Waals surface area contributed by atoms with E-state index in [0.29, 0.717) is 12.3 Å². The maximum absolute atomic E-state index is 11.1. The second kappa shape index (κ2) is 5.46. The van der Waals surface area contributed by atoms with Crippen LogP contribution in [0, 0.1) is 5.92 Å². The van der Waals surface area contributed by atoms with Gasteiger partial charge < -0.3 is 9.22 Å². The molecule has 3 heteroatoms. The first-order valence-corrected chi connectivity index (χ1v) is 10.2. The van der Waals surface area contributed by atoms with E-state index in [2.05, 4.69) is 40.8 Å². The minimum Gasteiger partial charge on any atom is -0.411 e. The maximum Gasteiger partial charge on any atom is 0.192 e. The van der Waals surface area contributed by atoms with E-state index >= 15 is 0 Å². The lowest BCUT2D eigenvalue weighted by Crippen LogP contribution is -2.51.